The fourth-order valence-corrected chi connectivity index (χ4v) is 6.05. The number of hydrazine groups is 1. The van der Waals surface area contributed by atoms with Gasteiger partial charge in [-0.1, -0.05) is 91.0 Å². The van der Waals surface area contributed by atoms with Gasteiger partial charge in [0.15, 0.2) is 0 Å². The van der Waals surface area contributed by atoms with Crippen LogP contribution in [0.1, 0.15) is 53.9 Å². The van der Waals surface area contributed by atoms with Crippen molar-refractivity contribution < 1.29 is 28.7 Å². The van der Waals surface area contributed by atoms with E-state index in [1.165, 1.54) is 7.05 Å². The number of carbonyl (C=O) groups is 4. The molecule has 260 valence electrons. The molecule has 11 heteroatoms. The summed E-state index contributed by atoms with van der Waals surface area (Å²) in [5.41, 5.74) is 14.9. The van der Waals surface area contributed by atoms with Crippen molar-refractivity contribution in [2.45, 2.75) is 50.7 Å². The van der Waals surface area contributed by atoms with Crippen LogP contribution in [0.15, 0.2) is 103 Å². The van der Waals surface area contributed by atoms with Crippen molar-refractivity contribution in [3.63, 3.8) is 0 Å². The maximum Gasteiger partial charge on any atom is 0.426 e. The Bertz CT molecular complexity index is 1720. The molecule has 0 heterocycles. The van der Waals surface area contributed by atoms with Crippen molar-refractivity contribution in [1.82, 2.24) is 15.8 Å². The highest BCUT2D eigenvalue weighted by atomic mass is 16.6. The lowest BCUT2D eigenvalue weighted by Gasteiger charge is -2.31. The normalized spacial score (nSPS) is 12.2. The van der Waals surface area contributed by atoms with Crippen LogP contribution in [0, 0.1) is 0 Å². The molecule has 0 aromatic heterocycles. The lowest BCUT2D eigenvalue weighted by atomic mass is 9.98. The highest BCUT2D eigenvalue weighted by Crippen LogP contribution is 2.44. The molecular formula is C39H43N5O6. The van der Waals surface area contributed by atoms with Gasteiger partial charge in [-0.15, -0.1) is 0 Å². The number of fused-ring (bicyclic) bond motifs is 3. The number of amides is 4. The van der Waals surface area contributed by atoms with Gasteiger partial charge in [-0.3, -0.25) is 9.59 Å². The third-order valence-corrected chi connectivity index (χ3v) is 8.64. The zero-order valence-electron chi connectivity index (χ0n) is 28.1. The van der Waals surface area contributed by atoms with E-state index in [-0.39, 0.29) is 32.0 Å². The van der Waals surface area contributed by atoms with E-state index < -0.39 is 30.0 Å². The summed E-state index contributed by atoms with van der Waals surface area (Å²) in [7, 11) is 1.48. The predicted octanol–water partition coefficient (Wildman–Crippen LogP) is 5.89. The Hall–Kier alpha value is -5.68. The zero-order chi connectivity index (χ0) is 35.3. The number of benzene rings is 4. The number of hydrogen-bond acceptors (Lipinski definition) is 7. The van der Waals surface area contributed by atoms with Crippen molar-refractivity contribution >= 4 is 29.7 Å². The second-order valence-electron chi connectivity index (χ2n) is 12.0. The van der Waals surface area contributed by atoms with E-state index >= 15 is 0 Å². The second-order valence-corrected chi connectivity index (χ2v) is 12.0. The van der Waals surface area contributed by atoms with Gasteiger partial charge in [0, 0.05) is 25.1 Å². The quantitative estimate of drug-likeness (QED) is 0.0959. The number of ether oxygens (including phenoxy) is 2. The first kappa shape index (κ1) is 35.6. The molecule has 5 N–H and O–H groups in total. The Labute approximate surface area is 292 Å². The maximum absolute atomic E-state index is 13.9. The maximum atomic E-state index is 13.9. The van der Waals surface area contributed by atoms with Crippen LogP contribution in [-0.2, 0) is 32.1 Å². The first-order chi connectivity index (χ1) is 24.4. The number of nitrogens with two attached hydrogens (primary N) is 1. The third kappa shape index (κ3) is 9.26. The van der Waals surface area contributed by atoms with Crippen molar-refractivity contribution in [3.8, 4) is 11.1 Å². The van der Waals surface area contributed by atoms with E-state index in [1.54, 1.807) is 24.3 Å². The minimum absolute atomic E-state index is 0.0475. The molecule has 0 saturated heterocycles. The Morgan fingerprint density at radius 3 is 2.04 bits per heavy atom. The summed E-state index contributed by atoms with van der Waals surface area (Å²) in [5.74, 6) is -1.09. The number of nitrogens with zero attached hydrogens (tertiary/aromatic N) is 1. The molecule has 0 aliphatic heterocycles. The van der Waals surface area contributed by atoms with Crippen LogP contribution in [0.25, 0.3) is 11.1 Å². The number of hydrogen-bond donors (Lipinski definition) is 4. The predicted molar refractivity (Wildman–Crippen MR) is 191 cm³/mol. The van der Waals surface area contributed by atoms with Gasteiger partial charge in [0.2, 0.25) is 11.8 Å². The van der Waals surface area contributed by atoms with Crippen LogP contribution < -0.4 is 21.8 Å². The summed E-state index contributed by atoms with van der Waals surface area (Å²) in [5, 5.41) is 6.38. The number of rotatable bonds is 14. The monoisotopic (exact) mass is 677 g/mol. The number of nitrogens with one attached hydrogen (secondary N) is 3. The van der Waals surface area contributed by atoms with Crippen LogP contribution in [0.3, 0.4) is 0 Å². The van der Waals surface area contributed by atoms with Gasteiger partial charge in [-0.05, 0) is 77.7 Å². The van der Waals surface area contributed by atoms with Crippen LogP contribution in [0.2, 0.25) is 0 Å². The fraction of sp³-hybridized carbons (Fsp3) is 0.282. The molecule has 1 unspecified atom stereocenters. The summed E-state index contributed by atoms with van der Waals surface area (Å²) < 4.78 is 10.9. The molecule has 0 saturated carbocycles. The van der Waals surface area contributed by atoms with Gasteiger partial charge in [-0.2, -0.15) is 0 Å². The number of anilines is 1. The van der Waals surface area contributed by atoms with Crippen LogP contribution in [-0.4, -0.2) is 55.3 Å². The smallest absolute Gasteiger partial charge is 0.426 e. The molecule has 4 aromatic rings. The fourth-order valence-electron chi connectivity index (χ4n) is 6.05. The minimum atomic E-state index is -1.05. The van der Waals surface area contributed by atoms with E-state index in [0.29, 0.717) is 31.5 Å². The van der Waals surface area contributed by atoms with Crippen molar-refractivity contribution in [1.29, 1.82) is 0 Å². The Morgan fingerprint density at radius 2 is 1.40 bits per heavy atom. The average molecular weight is 678 g/mol. The lowest BCUT2D eigenvalue weighted by Crippen LogP contribution is -2.56. The third-order valence-electron chi connectivity index (χ3n) is 8.64. The van der Waals surface area contributed by atoms with Gasteiger partial charge in [-0.25, -0.2) is 20.0 Å². The molecule has 1 atom stereocenters. The topological polar surface area (TPSA) is 152 Å². The number of carbonyl (C=O) groups excluding carboxylic acids is 4. The standard InChI is InChI=1S/C39H43N5O6/c1-41-38(47)49-25-28-18-21-29(22-19-28)42-37(46)35(17-9-10-24-40)44(36(45)23-20-27-11-3-2-4-12-27)43-39(48)50-26-34-32-15-7-5-13-30(32)31-14-6-8-16-33(31)34/h2-8,11-16,18-19,21-22,34-35H,9-10,17,20,23-26,40H2,1H3,(H,41,47)(H,42,46)(H,43,48). The largest absolute Gasteiger partial charge is 0.447 e. The van der Waals surface area contributed by atoms with Gasteiger partial charge in [0.25, 0.3) is 0 Å². The van der Waals surface area contributed by atoms with Gasteiger partial charge in [0.1, 0.15) is 19.3 Å². The van der Waals surface area contributed by atoms with Crippen LogP contribution in [0.5, 0.6) is 0 Å². The lowest BCUT2D eigenvalue weighted by molar-refractivity contribution is -0.142. The molecular weight excluding hydrogens is 634 g/mol. The molecule has 11 nitrogen and oxygen atoms in total. The van der Waals surface area contributed by atoms with E-state index in [9.17, 15) is 19.2 Å². The highest BCUT2D eigenvalue weighted by molar-refractivity contribution is 5.97. The number of unbranched alkanes of at least 4 members (excludes halogenated alkanes) is 1. The Morgan fingerprint density at radius 1 is 0.760 bits per heavy atom. The summed E-state index contributed by atoms with van der Waals surface area (Å²) >= 11 is 0. The summed E-state index contributed by atoms with van der Waals surface area (Å²) in [6.45, 7) is 0.519. The van der Waals surface area contributed by atoms with Crippen molar-refractivity contribution in [3.05, 3.63) is 125 Å². The van der Waals surface area contributed by atoms with Crippen molar-refractivity contribution in [2.75, 3.05) is 25.5 Å². The number of aryl methyl sites for hydroxylation is 1. The molecule has 0 spiro atoms. The summed E-state index contributed by atoms with van der Waals surface area (Å²) in [6.07, 6.45) is 0.496. The Balaban J connectivity index is 1.33. The highest BCUT2D eigenvalue weighted by Gasteiger charge is 2.33. The molecule has 0 bridgehead atoms. The van der Waals surface area contributed by atoms with Gasteiger partial charge >= 0.3 is 12.2 Å². The molecule has 1 aliphatic carbocycles. The first-order valence-electron chi connectivity index (χ1n) is 16.8. The number of alkyl carbamates (subject to hydrolysis) is 1. The molecule has 1 aliphatic rings. The van der Waals surface area contributed by atoms with Gasteiger partial charge < -0.3 is 25.8 Å². The minimum Gasteiger partial charge on any atom is -0.447 e. The SMILES string of the molecule is CNC(=O)OCc1ccc(NC(=O)C(CCCCN)N(NC(=O)OCC2c3ccccc3-c3ccccc32)C(=O)CCc2ccccc2)cc1. The van der Waals surface area contributed by atoms with E-state index in [1.807, 2.05) is 66.7 Å². The van der Waals surface area contributed by atoms with Crippen LogP contribution >= 0.6 is 0 Å². The van der Waals surface area contributed by atoms with Crippen LogP contribution in [0.4, 0.5) is 15.3 Å². The molecule has 0 radical (unpaired) electrons. The molecule has 5 rings (SSSR count). The van der Waals surface area contributed by atoms with E-state index in [0.717, 1.165) is 38.4 Å². The van der Waals surface area contributed by atoms with Gasteiger partial charge in [0.05, 0.1) is 0 Å². The molecule has 0 fully saturated rings. The summed E-state index contributed by atoms with van der Waals surface area (Å²) in [6, 6.07) is 31.3. The van der Waals surface area contributed by atoms with E-state index in [2.05, 4.69) is 28.2 Å². The second kappa shape index (κ2) is 17.6. The molecule has 50 heavy (non-hydrogen) atoms. The Kier molecular flexibility index (Phi) is 12.6. The average Bonchev–Trinajstić information content (AvgIpc) is 3.47. The van der Waals surface area contributed by atoms with Crippen molar-refractivity contribution in [2.24, 2.45) is 5.73 Å². The molecule has 4 amide bonds. The zero-order valence-corrected chi connectivity index (χ0v) is 28.1. The molecule has 4 aromatic carbocycles. The van der Waals surface area contributed by atoms with E-state index in [4.69, 9.17) is 15.2 Å². The first-order valence-corrected chi connectivity index (χ1v) is 16.8. The summed E-state index contributed by atoms with van der Waals surface area (Å²) in [4.78, 5) is 52.7.